The molecule has 7 nitrogen and oxygen atoms in total. The third-order valence-electron chi connectivity index (χ3n) is 4.49. The van der Waals surface area contributed by atoms with Crippen LogP contribution in [0.15, 0.2) is 46.9 Å². The Morgan fingerprint density at radius 2 is 1.93 bits per heavy atom. The van der Waals surface area contributed by atoms with Gasteiger partial charge in [0.1, 0.15) is 28.6 Å². The molecule has 0 spiro atoms. The quantitative estimate of drug-likeness (QED) is 0.558. The number of hydrogen-bond acceptors (Lipinski definition) is 5. The highest BCUT2D eigenvalue weighted by Crippen LogP contribution is 2.28. The van der Waals surface area contributed by atoms with Crippen molar-refractivity contribution in [3.63, 3.8) is 0 Å². The Labute approximate surface area is 161 Å². The minimum atomic E-state index is -0.936. The van der Waals surface area contributed by atoms with Crippen molar-refractivity contribution in [3.05, 3.63) is 74.7 Å². The van der Waals surface area contributed by atoms with E-state index >= 15 is 0 Å². The van der Waals surface area contributed by atoms with Gasteiger partial charge in [-0.3, -0.25) is 14.0 Å². The Bertz CT molecular complexity index is 1230. The summed E-state index contributed by atoms with van der Waals surface area (Å²) in [5.74, 6) is -0.409. The zero-order valence-electron chi connectivity index (χ0n) is 15.7. The summed E-state index contributed by atoms with van der Waals surface area (Å²) >= 11 is 0. The molecule has 2 heterocycles. The molecule has 0 aliphatic rings. The predicted octanol–water partition coefficient (Wildman–Crippen LogP) is 2.80. The van der Waals surface area contributed by atoms with Crippen molar-refractivity contribution in [1.82, 2.24) is 9.38 Å². The molecule has 0 unspecified atom stereocenters. The van der Waals surface area contributed by atoms with Gasteiger partial charge in [-0.25, -0.2) is 0 Å². The molecule has 0 saturated heterocycles. The largest absolute Gasteiger partial charge is 0.438 e. The Kier molecular flexibility index (Phi) is 4.96. The third kappa shape index (κ3) is 3.35. The molecule has 0 aliphatic carbocycles. The zero-order valence-corrected chi connectivity index (χ0v) is 15.7. The summed E-state index contributed by atoms with van der Waals surface area (Å²) in [6, 6.07) is 10.8. The number of nitrogens with two attached hydrogens (primary N) is 1. The summed E-state index contributed by atoms with van der Waals surface area (Å²) in [4.78, 5) is 29.0. The highest BCUT2D eigenvalue weighted by molar-refractivity contribution is 6.00. The second-order valence-corrected chi connectivity index (χ2v) is 6.35. The van der Waals surface area contributed by atoms with Gasteiger partial charge in [-0.15, -0.1) is 0 Å². The molecule has 3 rings (SSSR count). The van der Waals surface area contributed by atoms with Gasteiger partial charge >= 0.3 is 0 Å². The molecular formula is C21H18N4O3. The first-order valence-electron chi connectivity index (χ1n) is 8.51. The Balaban J connectivity index is 2.33. The number of carbonyl (C=O) groups is 1. The first-order chi connectivity index (χ1) is 13.3. The normalized spacial score (nSPS) is 11.3. The van der Waals surface area contributed by atoms with Gasteiger partial charge < -0.3 is 10.5 Å². The van der Waals surface area contributed by atoms with Gasteiger partial charge in [-0.2, -0.15) is 10.2 Å². The molecule has 140 valence electrons. The van der Waals surface area contributed by atoms with Crippen LogP contribution < -0.4 is 16.0 Å². The molecule has 0 bridgehead atoms. The first kappa shape index (κ1) is 18.9. The maximum Gasteiger partial charge on any atom is 0.269 e. The lowest BCUT2D eigenvalue weighted by molar-refractivity contribution is -0.114. The molecule has 2 aromatic heterocycles. The number of hydrogen-bond donors (Lipinski definition) is 1. The number of nitriles is 1. The number of carbonyl (C=O) groups excluding carboxylic acids is 1. The number of ether oxygens (including phenoxy) is 1. The number of rotatable bonds is 4. The van der Waals surface area contributed by atoms with Crippen molar-refractivity contribution in [3.8, 4) is 17.7 Å². The maximum absolute atomic E-state index is 13.1. The molecule has 1 amide bonds. The molecule has 0 fully saturated rings. The number of aromatic nitrogens is 2. The van der Waals surface area contributed by atoms with Crippen LogP contribution in [0.3, 0.4) is 0 Å². The van der Waals surface area contributed by atoms with Gasteiger partial charge in [0.05, 0.1) is 0 Å². The lowest BCUT2D eigenvalue weighted by Crippen LogP contribution is -2.20. The van der Waals surface area contributed by atoms with Crippen molar-refractivity contribution in [2.45, 2.75) is 20.8 Å². The number of aryl methyl sites for hydroxylation is 2. The number of nitrogens with zero attached hydrogens (tertiary/aromatic N) is 3. The molecule has 0 atom stereocenters. The van der Waals surface area contributed by atoms with E-state index in [1.165, 1.54) is 4.40 Å². The van der Waals surface area contributed by atoms with Crippen LogP contribution in [0.4, 0.5) is 0 Å². The monoisotopic (exact) mass is 374 g/mol. The van der Waals surface area contributed by atoms with E-state index in [9.17, 15) is 14.9 Å². The third-order valence-corrected chi connectivity index (χ3v) is 4.49. The van der Waals surface area contributed by atoms with Gasteiger partial charge in [0.25, 0.3) is 11.5 Å². The van der Waals surface area contributed by atoms with Gasteiger partial charge in [0.2, 0.25) is 5.88 Å². The topological polar surface area (TPSA) is 110 Å². The summed E-state index contributed by atoms with van der Waals surface area (Å²) in [7, 11) is 0. The van der Waals surface area contributed by atoms with Crippen LogP contribution in [0.5, 0.6) is 11.6 Å². The second-order valence-electron chi connectivity index (χ2n) is 6.35. The van der Waals surface area contributed by atoms with E-state index in [2.05, 4.69) is 4.98 Å². The number of pyridine rings is 1. The second kappa shape index (κ2) is 7.37. The van der Waals surface area contributed by atoms with Crippen LogP contribution in [-0.4, -0.2) is 15.3 Å². The lowest BCUT2D eigenvalue weighted by atomic mass is 10.1. The van der Waals surface area contributed by atoms with Gasteiger partial charge in [-0.1, -0.05) is 18.2 Å². The van der Waals surface area contributed by atoms with Crippen molar-refractivity contribution in [2.75, 3.05) is 0 Å². The highest BCUT2D eigenvalue weighted by Gasteiger charge is 2.17. The zero-order chi connectivity index (χ0) is 20.4. The van der Waals surface area contributed by atoms with Crippen LogP contribution in [0, 0.1) is 32.1 Å². The highest BCUT2D eigenvalue weighted by atomic mass is 16.5. The van der Waals surface area contributed by atoms with Crippen LogP contribution in [0.25, 0.3) is 11.7 Å². The van der Waals surface area contributed by atoms with Crippen LogP contribution in [0.2, 0.25) is 0 Å². The van der Waals surface area contributed by atoms with Gasteiger partial charge in [-0.05, 0) is 55.7 Å². The SMILES string of the molecule is Cc1cccc(Oc2nc3c(C)cccn3c(=O)c2/C=C(\C#N)C(N)=O)c1C. The van der Waals surface area contributed by atoms with E-state index in [4.69, 9.17) is 10.5 Å². The summed E-state index contributed by atoms with van der Waals surface area (Å²) in [6.45, 7) is 5.66. The van der Waals surface area contributed by atoms with Gasteiger partial charge in [0.15, 0.2) is 0 Å². The molecule has 0 radical (unpaired) electrons. The minimum Gasteiger partial charge on any atom is -0.438 e. The van der Waals surface area contributed by atoms with E-state index in [1.807, 2.05) is 39.0 Å². The summed E-state index contributed by atoms with van der Waals surface area (Å²) in [5, 5.41) is 9.18. The van der Waals surface area contributed by atoms with Crippen molar-refractivity contribution < 1.29 is 9.53 Å². The van der Waals surface area contributed by atoms with Crippen LogP contribution in [0.1, 0.15) is 22.3 Å². The van der Waals surface area contributed by atoms with Crippen LogP contribution in [-0.2, 0) is 4.79 Å². The molecular weight excluding hydrogens is 356 g/mol. The average molecular weight is 374 g/mol. The average Bonchev–Trinajstić information content (AvgIpc) is 2.66. The summed E-state index contributed by atoms with van der Waals surface area (Å²) < 4.78 is 7.30. The molecule has 2 N–H and O–H groups in total. The molecule has 3 aromatic rings. The van der Waals surface area contributed by atoms with E-state index < -0.39 is 11.5 Å². The first-order valence-corrected chi connectivity index (χ1v) is 8.51. The fraction of sp³-hybridized carbons (Fsp3) is 0.143. The van der Waals surface area contributed by atoms with E-state index in [0.29, 0.717) is 11.4 Å². The Morgan fingerprint density at radius 1 is 1.21 bits per heavy atom. The van der Waals surface area contributed by atoms with E-state index in [-0.39, 0.29) is 17.0 Å². The Morgan fingerprint density at radius 3 is 2.61 bits per heavy atom. The fourth-order valence-electron chi connectivity index (χ4n) is 2.74. The minimum absolute atomic E-state index is 0.00185. The van der Waals surface area contributed by atoms with Crippen LogP contribution >= 0.6 is 0 Å². The number of amides is 1. The maximum atomic E-state index is 13.1. The standard InChI is InChI=1S/C21H18N4O3/c1-12-6-4-8-17(14(12)3)28-20-16(10-15(11-22)18(23)26)21(27)25-9-5-7-13(2)19(25)24-20/h4-10H,1-3H3,(H2,23,26)/b15-10+. The molecule has 28 heavy (non-hydrogen) atoms. The fourth-order valence-corrected chi connectivity index (χ4v) is 2.74. The molecule has 0 saturated carbocycles. The Hall–Kier alpha value is -3.92. The summed E-state index contributed by atoms with van der Waals surface area (Å²) in [6.07, 6.45) is 2.68. The smallest absolute Gasteiger partial charge is 0.269 e. The number of fused-ring (bicyclic) bond motifs is 1. The van der Waals surface area contributed by atoms with Crippen molar-refractivity contribution in [2.24, 2.45) is 5.73 Å². The summed E-state index contributed by atoms with van der Waals surface area (Å²) in [5.41, 5.74) is 7.46. The lowest BCUT2D eigenvalue weighted by Gasteiger charge is -2.13. The number of benzene rings is 1. The van der Waals surface area contributed by atoms with E-state index in [1.54, 1.807) is 24.4 Å². The van der Waals surface area contributed by atoms with E-state index in [0.717, 1.165) is 22.8 Å². The molecule has 7 heteroatoms. The van der Waals surface area contributed by atoms with Gasteiger partial charge in [0, 0.05) is 6.20 Å². The molecule has 1 aromatic carbocycles. The predicted molar refractivity (Wildman–Crippen MR) is 105 cm³/mol. The van der Waals surface area contributed by atoms with Crippen molar-refractivity contribution >= 4 is 17.6 Å². The van der Waals surface area contributed by atoms with Crippen molar-refractivity contribution in [1.29, 1.82) is 5.26 Å². The number of primary amides is 1. The molecule has 0 aliphatic heterocycles.